The van der Waals surface area contributed by atoms with Gasteiger partial charge in [0.25, 0.3) is 0 Å². The third kappa shape index (κ3) is 11.9. The van der Waals surface area contributed by atoms with Crippen molar-refractivity contribution in [1.29, 1.82) is 0 Å². The molecular formula is C120H74N6O2. The minimum Gasteiger partial charge on any atom is -0.457 e. The van der Waals surface area contributed by atoms with Gasteiger partial charge in [-0.2, -0.15) is 0 Å². The standard InChI is InChI=1S/2C60H37N3O/c1-4-17-38(18-5-1)54-37-55(63-59(62-54)40-21-8-3-9-22-40)43-24-16-23-41(33-43)42-31-32-53-47(34-42)45-36-52-46(35-48(45)58(61-53)39-19-6-2-7-20-39)44-25-10-11-26-49(44)60(52)50-27-12-14-29-56(50)64-57-30-15-13-28-51(57)60;1-4-16-39(17-5-1)54-37-55(63-59(62-54)42-20-8-3-9-21-42)40-30-28-38(29-31-40)43-32-33-53-47(34-43)45-36-52-46(35-48(45)58(61-53)41-18-6-2-7-19-41)44-22-10-11-23-49(44)60(52)50-24-12-14-26-56(50)64-57-27-15-13-25-51(57)60/h2*1-37H. The number of benzene rings is 18. The van der Waals surface area contributed by atoms with E-state index in [0.717, 1.165) is 190 Å². The van der Waals surface area contributed by atoms with Crippen molar-refractivity contribution in [3.63, 3.8) is 0 Å². The first-order valence-corrected chi connectivity index (χ1v) is 43.5. The number of pyridine rings is 2. The maximum Gasteiger partial charge on any atom is 0.160 e. The Bertz CT molecular complexity index is 8030. The normalized spacial score (nSPS) is 12.9. The van der Waals surface area contributed by atoms with Crippen molar-refractivity contribution in [3.05, 3.63) is 493 Å². The predicted molar refractivity (Wildman–Crippen MR) is 519 cm³/mol. The highest BCUT2D eigenvalue weighted by Gasteiger charge is 2.53. The minimum absolute atomic E-state index is 0.580. The molecule has 0 amide bonds. The lowest BCUT2D eigenvalue weighted by molar-refractivity contribution is 0.436. The van der Waals surface area contributed by atoms with E-state index >= 15 is 0 Å². The summed E-state index contributed by atoms with van der Waals surface area (Å²) >= 11 is 0. The van der Waals surface area contributed by atoms with Gasteiger partial charge in [0.15, 0.2) is 11.6 Å². The van der Waals surface area contributed by atoms with Crippen molar-refractivity contribution >= 4 is 43.4 Å². The lowest BCUT2D eigenvalue weighted by Crippen LogP contribution is -2.32. The zero-order chi connectivity index (χ0) is 84.4. The zero-order valence-corrected chi connectivity index (χ0v) is 69.2. The molecule has 0 unspecified atom stereocenters. The van der Waals surface area contributed by atoms with Gasteiger partial charge in [-0.25, -0.2) is 29.9 Å². The molecule has 0 atom stereocenters. The smallest absolute Gasteiger partial charge is 0.160 e. The van der Waals surface area contributed by atoms with Crippen LogP contribution in [0.3, 0.4) is 0 Å². The van der Waals surface area contributed by atoms with Crippen LogP contribution in [0, 0.1) is 0 Å². The maximum atomic E-state index is 6.68. The SMILES string of the molecule is c1ccc(-c2cc(-c3ccc(-c4ccc5nc(-c6ccccc6)c6cc7c(cc6c5c4)C4(c5ccccc5Oc5ccccc54)c4ccccc4-7)cc3)nc(-c3ccccc3)n2)cc1.c1ccc(-c2cc(-c3cccc(-c4ccc5nc(-c6ccccc6)c6cc7c(cc6c5c4)C4(c5ccccc5Oc5ccccc54)c4ccccc4-7)c3)nc(-c3ccccc3)n2)cc1. The Morgan fingerprint density at radius 1 is 0.156 bits per heavy atom. The van der Waals surface area contributed by atoms with Gasteiger partial charge in [0.2, 0.25) is 0 Å². The molecule has 2 spiro atoms. The molecule has 26 rings (SSSR count). The zero-order valence-electron chi connectivity index (χ0n) is 69.2. The highest BCUT2D eigenvalue weighted by molar-refractivity contribution is 6.16. The second kappa shape index (κ2) is 30.0. The van der Waals surface area contributed by atoms with Gasteiger partial charge in [0.05, 0.1) is 56.0 Å². The molecule has 128 heavy (non-hydrogen) atoms. The van der Waals surface area contributed by atoms with Gasteiger partial charge in [-0.3, -0.25) is 0 Å². The average Bonchev–Trinajstić information content (AvgIpc) is 1.50. The van der Waals surface area contributed by atoms with E-state index in [-0.39, 0.29) is 0 Å². The second-order valence-corrected chi connectivity index (χ2v) is 33.3. The fourth-order valence-corrected chi connectivity index (χ4v) is 20.5. The van der Waals surface area contributed by atoms with E-state index in [1.807, 2.05) is 60.7 Å². The van der Waals surface area contributed by atoms with Gasteiger partial charge in [-0.1, -0.05) is 358 Å². The van der Waals surface area contributed by atoms with Gasteiger partial charge >= 0.3 is 0 Å². The summed E-state index contributed by atoms with van der Waals surface area (Å²) in [5.41, 5.74) is 33.4. The summed E-state index contributed by atoms with van der Waals surface area (Å²) in [6, 6.07) is 159. The maximum absolute atomic E-state index is 6.68. The average molecular weight is 1630 g/mol. The molecule has 0 fully saturated rings. The van der Waals surface area contributed by atoms with Crippen molar-refractivity contribution in [2.75, 3.05) is 0 Å². The summed E-state index contributed by atoms with van der Waals surface area (Å²) in [5, 5.41) is 6.77. The Morgan fingerprint density at radius 2 is 0.445 bits per heavy atom. The lowest BCUT2D eigenvalue weighted by Gasteiger charge is -2.39. The molecule has 6 heterocycles. The number of nitrogens with zero attached hydrogens (tertiary/aromatic N) is 6. The monoisotopic (exact) mass is 1630 g/mol. The molecule has 18 aromatic carbocycles. The van der Waals surface area contributed by atoms with Gasteiger partial charge in [0, 0.05) is 88.3 Å². The second-order valence-electron chi connectivity index (χ2n) is 33.3. The van der Waals surface area contributed by atoms with Crippen LogP contribution >= 0.6 is 0 Å². The van der Waals surface area contributed by atoms with Crippen LogP contribution in [0.4, 0.5) is 0 Å². The third-order valence-corrected chi connectivity index (χ3v) is 26.3. The molecule has 2 aliphatic heterocycles. The van der Waals surface area contributed by atoms with Crippen LogP contribution in [-0.2, 0) is 10.8 Å². The van der Waals surface area contributed by atoms with Crippen LogP contribution in [0.5, 0.6) is 23.0 Å². The molecule has 8 heteroatoms. The summed E-state index contributed by atoms with van der Waals surface area (Å²) < 4.78 is 13.3. The largest absolute Gasteiger partial charge is 0.457 e. The van der Waals surface area contributed by atoms with Gasteiger partial charge in [-0.05, 0) is 169 Å². The number of fused-ring (bicyclic) bond motifs is 24. The number of ether oxygens (including phenoxy) is 2. The summed E-state index contributed by atoms with van der Waals surface area (Å²) in [5.74, 6) is 4.93. The summed E-state index contributed by atoms with van der Waals surface area (Å²) in [4.78, 5) is 31.2. The van der Waals surface area contributed by atoms with Crippen molar-refractivity contribution in [1.82, 2.24) is 29.9 Å². The van der Waals surface area contributed by atoms with Crippen LogP contribution in [0.2, 0.25) is 0 Å². The van der Waals surface area contributed by atoms with E-state index in [1.54, 1.807) is 0 Å². The molecular weight excluding hydrogens is 1560 g/mol. The molecule has 0 radical (unpaired) electrons. The quantitative estimate of drug-likeness (QED) is 0.125. The lowest BCUT2D eigenvalue weighted by atomic mass is 9.66. The molecule has 2 aliphatic carbocycles. The van der Waals surface area contributed by atoms with Crippen LogP contribution in [-0.4, -0.2) is 29.9 Å². The topological polar surface area (TPSA) is 95.8 Å². The van der Waals surface area contributed by atoms with Crippen LogP contribution in [0.1, 0.15) is 44.5 Å². The number of aromatic nitrogens is 6. The molecule has 4 aliphatic rings. The van der Waals surface area contributed by atoms with Crippen LogP contribution in [0.25, 0.3) is 178 Å². The Balaban J connectivity index is 0.000000139. The molecule has 4 aromatic heterocycles. The van der Waals surface area contributed by atoms with Gasteiger partial charge < -0.3 is 9.47 Å². The van der Waals surface area contributed by atoms with Gasteiger partial charge in [-0.15, -0.1) is 0 Å². The van der Waals surface area contributed by atoms with Crippen LogP contribution in [0.15, 0.2) is 449 Å². The molecule has 0 bridgehead atoms. The Morgan fingerprint density at radius 3 is 0.844 bits per heavy atom. The number of hydrogen-bond acceptors (Lipinski definition) is 8. The van der Waals surface area contributed by atoms with E-state index in [4.69, 9.17) is 39.4 Å². The molecule has 8 nitrogen and oxygen atoms in total. The summed E-state index contributed by atoms with van der Waals surface area (Å²) in [6.45, 7) is 0. The molecule has 22 aromatic rings. The fourth-order valence-electron chi connectivity index (χ4n) is 20.5. The Labute approximate surface area is 739 Å². The van der Waals surface area contributed by atoms with E-state index in [1.165, 1.54) is 44.5 Å². The highest BCUT2D eigenvalue weighted by atomic mass is 16.5. The summed E-state index contributed by atoms with van der Waals surface area (Å²) in [7, 11) is 0. The first-order chi connectivity index (χ1) is 63.4. The number of hydrogen-bond donors (Lipinski definition) is 0. The number of para-hydroxylation sites is 4. The first-order valence-electron chi connectivity index (χ1n) is 43.5. The summed E-state index contributed by atoms with van der Waals surface area (Å²) in [6.07, 6.45) is 0. The molecule has 596 valence electrons. The minimum atomic E-state index is -0.589. The van der Waals surface area contributed by atoms with Crippen molar-refractivity contribution in [2.45, 2.75) is 10.8 Å². The fraction of sp³-hybridized carbons (Fsp3) is 0.0167. The predicted octanol–water partition coefficient (Wildman–Crippen LogP) is 30.0. The van der Waals surface area contributed by atoms with Crippen LogP contribution < -0.4 is 9.47 Å². The molecule has 0 saturated heterocycles. The number of rotatable bonds is 10. The Hall–Kier alpha value is -16.9. The first kappa shape index (κ1) is 73.8. The molecule has 0 N–H and O–H groups in total. The molecule has 0 saturated carbocycles. The Kier molecular flexibility index (Phi) is 17.3. The van der Waals surface area contributed by atoms with E-state index in [2.05, 4.69) is 388 Å². The van der Waals surface area contributed by atoms with E-state index in [0.29, 0.717) is 11.6 Å². The third-order valence-electron chi connectivity index (χ3n) is 26.3. The van der Waals surface area contributed by atoms with Crippen molar-refractivity contribution < 1.29 is 9.47 Å². The highest BCUT2D eigenvalue weighted by Crippen LogP contribution is 2.65. The van der Waals surface area contributed by atoms with Gasteiger partial charge in [0.1, 0.15) is 23.0 Å². The van der Waals surface area contributed by atoms with Crippen molar-refractivity contribution in [2.24, 2.45) is 0 Å². The van der Waals surface area contributed by atoms with Crippen molar-refractivity contribution in [3.8, 4) is 158 Å². The van der Waals surface area contributed by atoms with E-state index in [9.17, 15) is 0 Å². The van der Waals surface area contributed by atoms with E-state index < -0.39 is 10.8 Å².